The van der Waals surface area contributed by atoms with Crippen LogP contribution in [0.1, 0.15) is 39.2 Å². The Hall–Kier alpha value is -3.12. The molecule has 0 aliphatic carbocycles. The molecule has 12 heteroatoms. The fourth-order valence-corrected chi connectivity index (χ4v) is 5.09. The van der Waals surface area contributed by atoms with E-state index in [0.29, 0.717) is 51.4 Å². The fraction of sp³-hybridized carbons (Fsp3) is 0.577. The number of likely N-dealkylation sites (tertiary alicyclic amines) is 1. The molecular formula is C26H37N5O6S. The molecule has 11 nitrogen and oxygen atoms in total. The van der Waals surface area contributed by atoms with Crippen LogP contribution in [0.5, 0.6) is 0 Å². The molecule has 3 rings (SSSR count). The van der Waals surface area contributed by atoms with E-state index in [1.807, 2.05) is 30.3 Å². The van der Waals surface area contributed by atoms with Gasteiger partial charge in [-0.15, -0.1) is 0 Å². The number of thioether (sulfide) groups is 1. The molecule has 4 atom stereocenters. The number of nitrogens with one attached hydrogen (secondary N) is 3. The number of amides is 5. The van der Waals surface area contributed by atoms with E-state index in [9.17, 15) is 24.0 Å². The van der Waals surface area contributed by atoms with Crippen molar-refractivity contribution in [3.8, 4) is 0 Å². The van der Waals surface area contributed by atoms with E-state index in [0.717, 1.165) is 17.3 Å². The Bertz CT molecular complexity index is 1000. The Morgan fingerprint density at radius 1 is 0.921 bits per heavy atom. The third-order valence-electron chi connectivity index (χ3n) is 6.54. The first-order chi connectivity index (χ1) is 18.2. The molecule has 5 amide bonds. The van der Waals surface area contributed by atoms with Crippen molar-refractivity contribution in [3.63, 3.8) is 0 Å². The van der Waals surface area contributed by atoms with Crippen molar-refractivity contribution in [1.29, 1.82) is 0 Å². The van der Waals surface area contributed by atoms with E-state index < -0.39 is 30.1 Å². The molecule has 1 aromatic carbocycles. The zero-order chi connectivity index (χ0) is 27.7. The van der Waals surface area contributed by atoms with Crippen LogP contribution in [-0.4, -0.2) is 95.7 Å². The van der Waals surface area contributed by atoms with Crippen LogP contribution in [0.15, 0.2) is 30.3 Å². The fourth-order valence-electron chi connectivity index (χ4n) is 4.28. The Morgan fingerprint density at radius 3 is 2.29 bits per heavy atom. The van der Waals surface area contributed by atoms with Crippen molar-refractivity contribution >= 4 is 40.6 Å². The molecule has 2 heterocycles. The minimum absolute atomic E-state index is 0.160. The highest BCUT2D eigenvalue weighted by Crippen LogP contribution is 2.20. The summed E-state index contributed by atoms with van der Waals surface area (Å²) in [7, 11) is 0. The number of carbonyl (C=O) groups excluding carboxylic acids is 5. The maximum absolute atomic E-state index is 13.1. The van der Waals surface area contributed by atoms with Crippen molar-refractivity contribution in [2.45, 2.75) is 63.5 Å². The third kappa shape index (κ3) is 8.19. The molecule has 2 aliphatic heterocycles. The van der Waals surface area contributed by atoms with Crippen LogP contribution < -0.4 is 16.0 Å². The van der Waals surface area contributed by atoms with Crippen molar-refractivity contribution in [2.24, 2.45) is 0 Å². The third-order valence-corrected chi connectivity index (χ3v) is 7.65. The Morgan fingerprint density at radius 2 is 1.61 bits per heavy atom. The summed E-state index contributed by atoms with van der Waals surface area (Å²) < 4.78 is 5.23. The molecule has 0 bridgehead atoms. The van der Waals surface area contributed by atoms with Crippen LogP contribution in [-0.2, 0) is 29.7 Å². The van der Waals surface area contributed by atoms with E-state index in [1.165, 1.54) is 4.90 Å². The van der Waals surface area contributed by atoms with Gasteiger partial charge in [0.1, 0.15) is 18.1 Å². The van der Waals surface area contributed by atoms with Crippen LogP contribution >= 0.6 is 11.8 Å². The molecule has 38 heavy (non-hydrogen) atoms. The van der Waals surface area contributed by atoms with Gasteiger partial charge >= 0.3 is 6.03 Å². The van der Waals surface area contributed by atoms with Gasteiger partial charge in [-0.1, -0.05) is 42.1 Å². The van der Waals surface area contributed by atoms with Gasteiger partial charge in [-0.05, 0) is 39.2 Å². The number of hydrogen-bond acceptors (Lipinski definition) is 7. The summed E-state index contributed by atoms with van der Waals surface area (Å²) in [6, 6.07) is 6.07. The van der Waals surface area contributed by atoms with Crippen molar-refractivity contribution in [2.75, 3.05) is 32.8 Å². The molecule has 2 saturated heterocycles. The van der Waals surface area contributed by atoms with E-state index >= 15 is 0 Å². The Kier molecular flexibility index (Phi) is 11.0. The van der Waals surface area contributed by atoms with Gasteiger partial charge in [0.25, 0.3) is 0 Å². The summed E-state index contributed by atoms with van der Waals surface area (Å²) in [6.07, 6.45) is 1.11. The topological polar surface area (TPSA) is 137 Å². The van der Waals surface area contributed by atoms with Gasteiger partial charge in [0.2, 0.25) is 22.8 Å². The molecule has 0 saturated carbocycles. The van der Waals surface area contributed by atoms with Gasteiger partial charge in [0.15, 0.2) is 0 Å². The molecule has 0 aromatic heterocycles. The molecule has 208 valence electrons. The Labute approximate surface area is 227 Å². The summed E-state index contributed by atoms with van der Waals surface area (Å²) in [5, 5.41) is 7.86. The highest BCUT2D eigenvalue weighted by atomic mass is 32.2. The molecule has 2 aliphatic rings. The second-order valence-electron chi connectivity index (χ2n) is 9.51. The van der Waals surface area contributed by atoms with Gasteiger partial charge in [0.05, 0.1) is 19.3 Å². The Balaban J connectivity index is 1.47. The van der Waals surface area contributed by atoms with Crippen molar-refractivity contribution in [3.05, 3.63) is 35.9 Å². The number of ether oxygens (including phenoxy) is 1. The maximum atomic E-state index is 13.1. The first-order valence-electron chi connectivity index (χ1n) is 12.9. The molecular weight excluding hydrogens is 510 g/mol. The van der Waals surface area contributed by atoms with Crippen molar-refractivity contribution < 1.29 is 28.7 Å². The van der Waals surface area contributed by atoms with Crippen LogP contribution in [0.25, 0.3) is 0 Å². The second-order valence-corrected chi connectivity index (χ2v) is 10.5. The lowest BCUT2D eigenvalue weighted by atomic mass is 10.1. The summed E-state index contributed by atoms with van der Waals surface area (Å²) in [6.45, 7) is 6.90. The monoisotopic (exact) mass is 547 g/mol. The SMILES string of the molecule is C[C@H](NC(=O)N1CCOCC1)C(=O)N[C@@H](C)C(=O)N1CCC[C@H]1C(=O)N[C@@H](C)C(=O)SCc1ccccc1. The normalized spacial score (nSPS) is 19.7. The van der Waals surface area contributed by atoms with Gasteiger partial charge in [0, 0.05) is 25.4 Å². The van der Waals surface area contributed by atoms with E-state index in [-0.39, 0.29) is 23.0 Å². The van der Waals surface area contributed by atoms with Gasteiger partial charge < -0.3 is 30.5 Å². The van der Waals surface area contributed by atoms with Crippen LogP contribution in [0.2, 0.25) is 0 Å². The van der Waals surface area contributed by atoms with Crippen molar-refractivity contribution in [1.82, 2.24) is 25.8 Å². The van der Waals surface area contributed by atoms with Gasteiger partial charge in [-0.3, -0.25) is 19.2 Å². The molecule has 0 unspecified atom stereocenters. The first kappa shape index (κ1) is 29.4. The zero-order valence-corrected chi connectivity index (χ0v) is 22.9. The minimum atomic E-state index is -0.890. The maximum Gasteiger partial charge on any atom is 0.318 e. The largest absolute Gasteiger partial charge is 0.378 e. The number of morpholine rings is 1. The summed E-state index contributed by atoms with van der Waals surface area (Å²) in [5.41, 5.74) is 1.02. The summed E-state index contributed by atoms with van der Waals surface area (Å²) >= 11 is 1.14. The second kappa shape index (κ2) is 14.1. The lowest BCUT2D eigenvalue weighted by Crippen LogP contribution is -2.57. The predicted molar refractivity (Wildman–Crippen MR) is 143 cm³/mol. The highest BCUT2D eigenvalue weighted by molar-refractivity contribution is 8.13. The lowest BCUT2D eigenvalue weighted by Gasteiger charge is -2.29. The number of urea groups is 1. The number of hydrogen-bond donors (Lipinski definition) is 3. The quantitative estimate of drug-likeness (QED) is 0.417. The number of rotatable bonds is 9. The van der Waals surface area contributed by atoms with Crippen LogP contribution in [0, 0.1) is 0 Å². The number of benzene rings is 1. The molecule has 3 N–H and O–H groups in total. The van der Waals surface area contributed by atoms with E-state index in [2.05, 4.69) is 16.0 Å². The number of carbonyl (C=O) groups is 5. The van der Waals surface area contributed by atoms with E-state index in [4.69, 9.17) is 4.74 Å². The first-order valence-corrected chi connectivity index (χ1v) is 13.9. The average Bonchev–Trinajstić information content (AvgIpc) is 3.42. The molecule has 2 fully saturated rings. The van der Waals surface area contributed by atoms with Crippen LogP contribution in [0.3, 0.4) is 0 Å². The molecule has 0 spiro atoms. The van der Waals surface area contributed by atoms with Gasteiger partial charge in [-0.25, -0.2) is 4.79 Å². The lowest BCUT2D eigenvalue weighted by molar-refractivity contribution is -0.141. The molecule has 0 radical (unpaired) electrons. The smallest absolute Gasteiger partial charge is 0.318 e. The van der Waals surface area contributed by atoms with Crippen LogP contribution in [0.4, 0.5) is 4.79 Å². The number of nitrogens with zero attached hydrogens (tertiary/aromatic N) is 2. The average molecular weight is 548 g/mol. The minimum Gasteiger partial charge on any atom is -0.378 e. The molecule has 1 aromatic rings. The highest BCUT2D eigenvalue weighted by Gasteiger charge is 2.37. The van der Waals surface area contributed by atoms with E-state index in [1.54, 1.807) is 25.7 Å². The summed E-state index contributed by atoms with van der Waals surface area (Å²) in [4.78, 5) is 66.6. The zero-order valence-electron chi connectivity index (χ0n) is 22.1. The summed E-state index contributed by atoms with van der Waals surface area (Å²) in [5.74, 6) is -0.764. The predicted octanol–water partition coefficient (Wildman–Crippen LogP) is 0.877. The standard InChI is InChI=1S/C26H37N5O6S/c1-17(29-26(36)30-12-14-37-15-13-30)22(32)27-18(2)24(34)31-11-7-10-21(31)23(33)28-19(3)25(35)38-16-20-8-5-4-6-9-20/h4-6,8-9,17-19,21H,7,10-16H2,1-3H3,(H,27,32)(H,28,33)(H,29,36)/t17-,18-,19-,21-/m0/s1. The van der Waals surface area contributed by atoms with Gasteiger partial charge in [-0.2, -0.15) is 0 Å².